The summed E-state index contributed by atoms with van der Waals surface area (Å²) in [5.41, 5.74) is -0.333. The van der Waals surface area contributed by atoms with Crippen LogP contribution >= 0.6 is 0 Å². The van der Waals surface area contributed by atoms with E-state index in [-0.39, 0.29) is 5.60 Å². The van der Waals surface area contributed by atoms with Crippen LogP contribution in [0.3, 0.4) is 0 Å². The van der Waals surface area contributed by atoms with Crippen molar-refractivity contribution >= 4 is 0 Å². The van der Waals surface area contributed by atoms with Crippen LogP contribution < -0.4 is 0 Å². The first-order valence-electron chi connectivity index (χ1n) is 6.28. The van der Waals surface area contributed by atoms with Gasteiger partial charge in [-0.3, -0.25) is 0 Å². The molecule has 0 aromatic rings. The van der Waals surface area contributed by atoms with Crippen molar-refractivity contribution in [2.24, 2.45) is 11.8 Å². The molecule has 84 valence electrons. The van der Waals surface area contributed by atoms with Crippen LogP contribution in [0.2, 0.25) is 0 Å². The van der Waals surface area contributed by atoms with E-state index < -0.39 is 0 Å². The minimum atomic E-state index is -0.333. The van der Waals surface area contributed by atoms with E-state index in [2.05, 4.69) is 20.8 Å². The summed E-state index contributed by atoms with van der Waals surface area (Å²) >= 11 is 0. The average Bonchev–Trinajstić information content (AvgIpc) is 2.29. The van der Waals surface area contributed by atoms with Crippen LogP contribution in [-0.4, -0.2) is 10.7 Å². The molecule has 3 unspecified atom stereocenters. The number of rotatable bonds is 3. The molecular formula is C13H26O. The van der Waals surface area contributed by atoms with Gasteiger partial charge < -0.3 is 5.11 Å². The SMILES string of the molecule is CCC(C)CC1(O)CCCC(C)CC1. The highest BCUT2D eigenvalue weighted by Gasteiger charge is 2.30. The van der Waals surface area contributed by atoms with Gasteiger partial charge in [0.1, 0.15) is 0 Å². The van der Waals surface area contributed by atoms with E-state index in [1.54, 1.807) is 0 Å². The lowest BCUT2D eigenvalue weighted by Gasteiger charge is -2.29. The first-order valence-corrected chi connectivity index (χ1v) is 6.28. The fourth-order valence-corrected chi connectivity index (χ4v) is 2.56. The van der Waals surface area contributed by atoms with Crippen LogP contribution in [0.4, 0.5) is 0 Å². The van der Waals surface area contributed by atoms with Crippen LogP contribution in [0, 0.1) is 11.8 Å². The molecule has 0 radical (unpaired) electrons. The molecule has 1 N–H and O–H groups in total. The van der Waals surface area contributed by atoms with Gasteiger partial charge in [0, 0.05) is 0 Å². The van der Waals surface area contributed by atoms with Gasteiger partial charge in [-0.05, 0) is 37.5 Å². The Kier molecular flexibility index (Phi) is 4.43. The molecule has 1 aliphatic rings. The summed E-state index contributed by atoms with van der Waals surface area (Å²) in [5, 5.41) is 10.5. The monoisotopic (exact) mass is 198 g/mol. The minimum absolute atomic E-state index is 0.333. The summed E-state index contributed by atoms with van der Waals surface area (Å²) < 4.78 is 0. The highest BCUT2D eigenvalue weighted by atomic mass is 16.3. The third-order valence-electron chi connectivity index (χ3n) is 3.87. The van der Waals surface area contributed by atoms with Crippen molar-refractivity contribution in [2.45, 2.75) is 71.3 Å². The smallest absolute Gasteiger partial charge is 0.0650 e. The molecule has 0 aromatic heterocycles. The maximum atomic E-state index is 10.5. The molecule has 1 aliphatic carbocycles. The van der Waals surface area contributed by atoms with E-state index in [0.717, 1.165) is 25.2 Å². The van der Waals surface area contributed by atoms with Crippen LogP contribution in [0.1, 0.15) is 65.7 Å². The molecule has 1 rings (SSSR count). The van der Waals surface area contributed by atoms with Crippen molar-refractivity contribution in [2.75, 3.05) is 0 Å². The number of hydrogen-bond donors (Lipinski definition) is 1. The predicted octanol–water partition coefficient (Wildman–Crippen LogP) is 3.75. The highest BCUT2D eigenvalue weighted by Crippen LogP contribution is 2.34. The zero-order chi connectivity index (χ0) is 10.6. The molecule has 1 nitrogen and oxygen atoms in total. The zero-order valence-electron chi connectivity index (χ0n) is 10.1. The van der Waals surface area contributed by atoms with E-state index in [9.17, 15) is 5.11 Å². The van der Waals surface area contributed by atoms with Crippen LogP contribution in [-0.2, 0) is 0 Å². The first-order chi connectivity index (χ1) is 6.56. The molecule has 1 heteroatoms. The normalized spacial score (nSPS) is 36.4. The van der Waals surface area contributed by atoms with E-state index >= 15 is 0 Å². The zero-order valence-corrected chi connectivity index (χ0v) is 10.1. The quantitative estimate of drug-likeness (QED) is 0.685. The Morgan fingerprint density at radius 1 is 1.36 bits per heavy atom. The van der Waals surface area contributed by atoms with E-state index in [4.69, 9.17) is 0 Å². The molecule has 0 bridgehead atoms. The van der Waals surface area contributed by atoms with Crippen molar-refractivity contribution in [3.05, 3.63) is 0 Å². The van der Waals surface area contributed by atoms with Gasteiger partial charge in [-0.25, -0.2) is 0 Å². The molecule has 0 spiro atoms. The van der Waals surface area contributed by atoms with Crippen LogP contribution in [0.5, 0.6) is 0 Å². The summed E-state index contributed by atoms with van der Waals surface area (Å²) in [6.07, 6.45) is 8.00. The molecule has 0 aromatic carbocycles. The highest BCUT2D eigenvalue weighted by molar-refractivity contribution is 4.83. The summed E-state index contributed by atoms with van der Waals surface area (Å²) in [4.78, 5) is 0. The Morgan fingerprint density at radius 2 is 2.07 bits per heavy atom. The summed E-state index contributed by atoms with van der Waals surface area (Å²) in [7, 11) is 0. The fourth-order valence-electron chi connectivity index (χ4n) is 2.56. The third-order valence-corrected chi connectivity index (χ3v) is 3.87. The van der Waals surface area contributed by atoms with Gasteiger partial charge in [0.2, 0.25) is 0 Å². The standard InChI is InChI=1S/C13H26O/c1-4-11(2)10-13(14)8-5-6-12(3)7-9-13/h11-12,14H,4-10H2,1-3H3. The van der Waals surface area contributed by atoms with E-state index in [1.807, 2.05) is 0 Å². The largest absolute Gasteiger partial charge is 0.390 e. The van der Waals surface area contributed by atoms with Crippen molar-refractivity contribution in [3.63, 3.8) is 0 Å². The fraction of sp³-hybridized carbons (Fsp3) is 1.00. The molecule has 3 atom stereocenters. The third kappa shape index (κ3) is 3.61. The van der Waals surface area contributed by atoms with Gasteiger partial charge in [0.25, 0.3) is 0 Å². The Labute approximate surface area is 88.9 Å². The molecule has 0 amide bonds. The van der Waals surface area contributed by atoms with Gasteiger partial charge in [-0.2, -0.15) is 0 Å². The molecule has 0 saturated heterocycles. The second-order valence-electron chi connectivity index (χ2n) is 5.48. The van der Waals surface area contributed by atoms with Crippen LogP contribution in [0.15, 0.2) is 0 Å². The Balaban J connectivity index is 2.46. The summed E-state index contributed by atoms with van der Waals surface area (Å²) in [6, 6.07) is 0. The molecule has 0 aliphatic heterocycles. The predicted molar refractivity (Wildman–Crippen MR) is 61.3 cm³/mol. The second-order valence-corrected chi connectivity index (χ2v) is 5.48. The van der Waals surface area contributed by atoms with Gasteiger partial charge >= 0.3 is 0 Å². The van der Waals surface area contributed by atoms with Gasteiger partial charge in [0.15, 0.2) is 0 Å². The lowest BCUT2D eigenvalue weighted by Crippen LogP contribution is -2.30. The Hall–Kier alpha value is -0.0400. The Bertz CT molecular complexity index is 167. The van der Waals surface area contributed by atoms with E-state index in [0.29, 0.717) is 5.92 Å². The van der Waals surface area contributed by atoms with Crippen LogP contribution in [0.25, 0.3) is 0 Å². The number of aliphatic hydroxyl groups is 1. The maximum absolute atomic E-state index is 10.5. The minimum Gasteiger partial charge on any atom is -0.390 e. The summed E-state index contributed by atoms with van der Waals surface area (Å²) in [5.74, 6) is 1.49. The van der Waals surface area contributed by atoms with Crippen molar-refractivity contribution in [1.29, 1.82) is 0 Å². The van der Waals surface area contributed by atoms with Crippen molar-refractivity contribution in [3.8, 4) is 0 Å². The maximum Gasteiger partial charge on any atom is 0.0650 e. The number of hydrogen-bond acceptors (Lipinski definition) is 1. The molecule has 1 saturated carbocycles. The lowest BCUT2D eigenvalue weighted by molar-refractivity contribution is 0.00204. The Morgan fingerprint density at radius 3 is 2.71 bits per heavy atom. The molecule has 0 heterocycles. The lowest BCUT2D eigenvalue weighted by atomic mass is 9.84. The van der Waals surface area contributed by atoms with E-state index in [1.165, 1.54) is 25.7 Å². The topological polar surface area (TPSA) is 20.2 Å². The van der Waals surface area contributed by atoms with Gasteiger partial charge in [-0.15, -0.1) is 0 Å². The molecule has 1 fully saturated rings. The average molecular weight is 198 g/mol. The van der Waals surface area contributed by atoms with Crippen molar-refractivity contribution in [1.82, 2.24) is 0 Å². The first kappa shape index (κ1) is 12.0. The van der Waals surface area contributed by atoms with Gasteiger partial charge in [0.05, 0.1) is 5.60 Å². The van der Waals surface area contributed by atoms with Crippen molar-refractivity contribution < 1.29 is 5.11 Å². The molecular weight excluding hydrogens is 172 g/mol. The summed E-state index contributed by atoms with van der Waals surface area (Å²) in [6.45, 7) is 6.79. The van der Waals surface area contributed by atoms with Gasteiger partial charge in [-0.1, -0.05) is 40.0 Å². The molecule has 14 heavy (non-hydrogen) atoms. The second kappa shape index (κ2) is 5.16.